The van der Waals surface area contributed by atoms with Crippen LogP contribution in [0.2, 0.25) is 0 Å². The minimum absolute atomic E-state index is 0.0706. The van der Waals surface area contributed by atoms with Crippen LogP contribution in [0.4, 0.5) is 0 Å². The topological polar surface area (TPSA) is 78.9 Å². The Morgan fingerprint density at radius 2 is 0.493 bits per heavy atom. The molecule has 0 aromatic rings. The molecule has 0 amide bonds. The fourth-order valence-electron chi connectivity index (χ4n) is 9.25. The summed E-state index contributed by atoms with van der Waals surface area (Å²) in [6.45, 7) is 6.65. The van der Waals surface area contributed by atoms with Crippen molar-refractivity contribution < 1.29 is 28.6 Å². The van der Waals surface area contributed by atoms with Crippen LogP contribution in [0.5, 0.6) is 0 Å². The molecule has 0 aliphatic rings. The summed E-state index contributed by atoms with van der Waals surface area (Å²) in [6.07, 6.45) is 69.0. The molecule has 0 aliphatic carbocycles. The van der Waals surface area contributed by atoms with E-state index in [1.54, 1.807) is 0 Å². The lowest BCUT2D eigenvalue weighted by atomic mass is 10.0. The van der Waals surface area contributed by atoms with E-state index < -0.39 is 6.10 Å². The maximum absolute atomic E-state index is 12.8. The number of esters is 3. The van der Waals surface area contributed by atoms with Gasteiger partial charge >= 0.3 is 17.9 Å². The van der Waals surface area contributed by atoms with Crippen LogP contribution in [0.15, 0.2) is 24.3 Å². The first kappa shape index (κ1) is 66.9. The maximum atomic E-state index is 12.8. The Hall–Kier alpha value is -2.11. The molecule has 1 atom stereocenters. The molecule has 0 radical (unpaired) electrons. The number of hydrogen-bond donors (Lipinski definition) is 0. The largest absolute Gasteiger partial charge is 0.462 e. The van der Waals surface area contributed by atoms with Crippen molar-refractivity contribution in [1.82, 2.24) is 0 Å². The molecule has 0 spiro atoms. The first-order valence-electron chi connectivity index (χ1n) is 30.8. The molecule has 406 valence electrons. The summed E-state index contributed by atoms with van der Waals surface area (Å²) in [7, 11) is 0. The van der Waals surface area contributed by atoms with Crippen molar-refractivity contribution >= 4 is 17.9 Å². The van der Waals surface area contributed by atoms with E-state index in [-0.39, 0.29) is 31.1 Å². The van der Waals surface area contributed by atoms with Crippen LogP contribution in [0.3, 0.4) is 0 Å². The Balaban J connectivity index is 4.22. The van der Waals surface area contributed by atoms with Crippen LogP contribution >= 0.6 is 0 Å². The summed E-state index contributed by atoms with van der Waals surface area (Å²) in [5, 5.41) is 0. The Kier molecular flexibility index (Phi) is 56.7. The van der Waals surface area contributed by atoms with Gasteiger partial charge in [0.25, 0.3) is 0 Å². The van der Waals surface area contributed by atoms with Crippen molar-refractivity contribution in [1.29, 1.82) is 0 Å². The molecule has 6 heteroatoms. The summed E-state index contributed by atoms with van der Waals surface area (Å²) in [6, 6.07) is 0. The maximum Gasteiger partial charge on any atom is 0.306 e. The summed E-state index contributed by atoms with van der Waals surface area (Å²) in [5.41, 5.74) is 0. The fraction of sp³-hybridized carbons (Fsp3) is 0.889. The third-order valence-electron chi connectivity index (χ3n) is 13.9. The number of carbonyl (C=O) groups excluding carboxylic acids is 3. The van der Waals surface area contributed by atoms with Gasteiger partial charge in [-0.1, -0.05) is 283 Å². The lowest BCUT2D eigenvalue weighted by Crippen LogP contribution is -2.30. The van der Waals surface area contributed by atoms with Gasteiger partial charge in [-0.15, -0.1) is 0 Å². The Morgan fingerprint density at radius 1 is 0.275 bits per heavy atom. The molecule has 0 saturated carbocycles. The van der Waals surface area contributed by atoms with E-state index in [1.807, 2.05) is 0 Å². The van der Waals surface area contributed by atoms with E-state index in [1.165, 1.54) is 238 Å². The summed E-state index contributed by atoms with van der Waals surface area (Å²) < 4.78 is 16.9. The monoisotopic (exact) mass is 971 g/mol. The first-order valence-corrected chi connectivity index (χ1v) is 30.8. The van der Waals surface area contributed by atoms with E-state index in [0.717, 1.165) is 64.2 Å². The molecule has 0 fully saturated rings. The van der Waals surface area contributed by atoms with Crippen LogP contribution in [0, 0.1) is 0 Å². The average molecular weight is 972 g/mol. The van der Waals surface area contributed by atoms with Gasteiger partial charge < -0.3 is 14.2 Å². The average Bonchev–Trinajstić information content (AvgIpc) is 3.35. The number of ether oxygens (including phenoxy) is 3. The van der Waals surface area contributed by atoms with E-state index >= 15 is 0 Å². The van der Waals surface area contributed by atoms with Gasteiger partial charge in [0.2, 0.25) is 0 Å². The molecule has 69 heavy (non-hydrogen) atoms. The Labute approximate surface area is 430 Å². The van der Waals surface area contributed by atoms with E-state index in [9.17, 15) is 14.4 Å². The second-order valence-electron chi connectivity index (χ2n) is 21.0. The summed E-state index contributed by atoms with van der Waals surface area (Å²) in [4.78, 5) is 38.2. The number of allylic oxidation sites excluding steroid dienone is 4. The molecule has 0 rings (SSSR count). The molecular formula is C63H118O6. The summed E-state index contributed by atoms with van der Waals surface area (Å²) >= 11 is 0. The third kappa shape index (κ3) is 56.7. The fourth-order valence-corrected chi connectivity index (χ4v) is 9.25. The second-order valence-corrected chi connectivity index (χ2v) is 21.0. The molecule has 0 N–H and O–H groups in total. The quantitative estimate of drug-likeness (QED) is 0.0261. The van der Waals surface area contributed by atoms with Crippen molar-refractivity contribution in [3.63, 3.8) is 0 Å². The lowest BCUT2D eigenvalue weighted by Gasteiger charge is -2.18. The zero-order chi connectivity index (χ0) is 50.0. The van der Waals surface area contributed by atoms with Crippen LogP contribution in [0.25, 0.3) is 0 Å². The van der Waals surface area contributed by atoms with Gasteiger partial charge in [0.1, 0.15) is 13.2 Å². The third-order valence-corrected chi connectivity index (χ3v) is 13.9. The number of hydrogen-bond acceptors (Lipinski definition) is 6. The van der Waals surface area contributed by atoms with E-state index in [0.29, 0.717) is 19.3 Å². The van der Waals surface area contributed by atoms with Gasteiger partial charge in [-0.05, 0) is 64.2 Å². The van der Waals surface area contributed by atoms with Crippen LogP contribution < -0.4 is 0 Å². The highest BCUT2D eigenvalue weighted by molar-refractivity contribution is 5.71. The van der Waals surface area contributed by atoms with Crippen molar-refractivity contribution in [2.75, 3.05) is 13.2 Å². The van der Waals surface area contributed by atoms with Crippen molar-refractivity contribution in [3.05, 3.63) is 24.3 Å². The summed E-state index contributed by atoms with van der Waals surface area (Å²) in [5.74, 6) is -0.860. The zero-order valence-corrected chi connectivity index (χ0v) is 46.6. The molecule has 0 aromatic carbocycles. The smallest absolute Gasteiger partial charge is 0.306 e. The molecule has 0 bridgehead atoms. The first-order chi connectivity index (χ1) is 34.0. The van der Waals surface area contributed by atoms with Crippen molar-refractivity contribution in [2.45, 2.75) is 348 Å². The van der Waals surface area contributed by atoms with Gasteiger partial charge in [-0.25, -0.2) is 0 Å². The predicted octanol–water partition coefficient (Wildman–Crippen LogP) is 20.7. The van der Waals surface area contributed by atoms with Gasteiger partial charge in [-0.2, -0.15) is 0 Å². The highest BCUT2D eigenvalue weighted by Gasteiger charge is 2.19. The Bertz CT molecular complexity index is 1110. The molecular weight excluding hydrogens is 853 g/mol. The Morgan fingerprint density at radius 3 is 0.768 bits per heavy atom. The van der Waals surface area contributed by atoms with Crippen LogP contribution in [-0.2, 0) is 28.6 Å². The second kappa shape index (κ2) is 58.5. The minimum Gasteiger partial charge on any atom is -0.462 e. The van der Waals surface area contributed by atoms with Crippen molar-refractivity contribution in [3.8, 4) is 0 Å². The molecule has 0 saturated heterocycles. The molecule has 6 nitrogen and oxygen atoms in total. The highest BCUT2D eigenvalue weighted by Crippen LogP contribution is 2.17. The normalized spacial score (nSPS) is 12.1. The van der Waals surface area contributed by atoms with Gasteiger partial charge in [0.05, 0.1) is 0 Å². The van der Waals surface area contributed by atoms with Crippen LogP contribution in [-0.4, -0.2) is 37.2 Å². The SMILES string of the molecule is CCCC/C=C\CCCCCCCC(=O)O[C@H](COC(=O)CCCCCCCCCCC/C=C\CCCCCCCC)COC(=O)CCCCCCCCCCCCCCCCCCCCCCC. The number of unbranched alkanes of at least 4 members (excludes halogenated alkanes) is 42. The standard InChI is InChI=1S/C63H118O6/c1-4-7-10-13-16-19-22-24-26-28-30-31-33-35-37-39-42-44-47-50-53-56-62(65)68-59-60(69-63(66)57-54-51-48-45-40-21-18-15-12-9-6-3)58-67-61(64)55-52-49-46-43-41-38-36-34-32-29-27-25-23-20-17-14-11-8-5-2/h15,18,25,27,60H,4-14,16-17,19-24,26,28-59H2,1-3H3/b18-15-,27-25-/t60-/m1/s1. The van der Waals surface area contributed by atoms with E-state index in [4.69, 9.17) is 14.2 Å². The number of rotatable bonds is 57. The van der Waals surface area contributed by atoms with E-state index in [2.05, 4.69) is 45.1 Å². The zero-order valence-electron chi connectivity index (χ0n) is 46.6. The molecule has 0 aliphatic heterocycles. The molecule has 0 heterocycles. The molecule has 0 unspecified atom stereocenters. The number of carbonyl (C=O) groups is 3. The molecule has 0 aromatic heterocycles. The minimum atomic E-state index is -0.772. The van der Waals surface area contributed by atoms with Crippen LogP contribution in [0.1, 0.15) is 342 Å². The lowest BCUT2D eigenvalue weighted by molar-refractivity contribution is -0.167. The highest BCUT2D eigenvalue weighted by atomic mass is 16.6. The van der Waals surface area contributed by atoms with Gasteiger partial charge in [-0.3, -0.25) is 14.4 Å². The predicted molar refractivity (Wildman–Crippen MR) is 298 cm³/mol. The van der Waals surface area contributed by atoms with Crippen molar-refractivity contribution in [2.24, 2.45) is 0 Å². The van der Waals surface area contributed by atoms with Gasteiger partial charge in [0, 0.05) is 19.3 Å². The van der Waals surface area contributed by atoms with Gasteiger partial charge in [0.15, 0.2) is 6.10 Å².